The number of imide groups is 1. The van der Waals surface area contributed by atoms with Gasteiger partial charge in [-0.3, -0.25) is 24.1 Å². The summed E-state index contributed by atoms with van der Waals surface area (Å²) in [6.45, 7) is 4.31. The Morgan fingerprint density at radius 2 is 1.55 bits per heavy atom. The Bertz CT molecular complexity index is 1030. The van der Waals surface area contributed by atoms with Crippen molar-refractivity contribution >= 4 is 29.3 Å². The predicted octanol–water partition coefficient (Wildman–Crippen LogP) is 3.35. The molecule has 0 saturated carbocycles. The molecule has 0 N–H and O–H groups in total. The van der Waals surface area contributed by atoms with Gasteiger partial charge in [-0.15, -0.1) is 0 Å². The fourth-order valence-electron chi connectivity index (χ4n) is 4.62. The number of carbonyl (C=O) groups is 4. The molecule has 2 unspecified atom stereocenters. The summed E-state index contributed by atoms with van der Waals surface area (Å²) in [5.74, 6) is -1.11. The fraction of sp³-hybridized carbons (Fsp3) is 0.385. The van der Waals surface area contributed by atoms with E-state index < -0.39 is 24.3 Å². The molecule has 2 aliphatic heterocycles. The van der Waals surface area contributed by atoms with E-state index in [0.717, 1.165) is 24.2 Å². The Hall–Kier alpha value is -3.48. The fourth-order valence-corrected chi connectivity index (χ4v) is 4.62. The molecule has 0 bridgehead atoms. The van der Waals surface area contributed by atoms with Gasteiger partial charge in [-0.05, 0) is 49.9 Å². The number of para-hydroxylation sites is 1. The molecule has 0 aliphatic carbocycles. The topological polar surface area (TPSA) is 78.0 Å². The number of amides is 4. The minimum atomic E-state index is -0.487. The Balaban J connectivity index is 1.54. The van der Waals surface area contributed by atoms with Gasteiger partial charge in [0.05, 0.1) is 11.1 Å². The van der Waals surface area contributed by atoms with Crippen molar-refractivity contribution in [1.82, 2.24) is 9.80 Å². The molecular weight excluding hydrogens is 418 g/mol. The Labute approximate surface area is 194 Å². The van der Waals surface area contributed by atoms with Gasteiger partial charge >= 0.3 is 0 Å². The largest absolute Gasteiger partial charge is 0.338 e. The average molecular weight is 448 g/mol. The lowest BCUT2D eigenvalue weighted by Crippen LogP contribution is -2.51. The number of piperidine rings is 1. The molecule has 33 heavy (non-hydrogen) atoms. The van der Waals surface area contributed by atoms with Gasteiger partial charge in [0.1, 0.15) is 13.1 Å². The monoisotopic (exact) mass is 447 g/mol. The lowest BCUT2D eigenvalue weighted by molar-refractivity contribution is -0.135. The van der Waals surface area contributed by atoms with Crippen LogP contribution < -0.4 is 4.90 Å². The van der Waals surface area contributed by atoms with Crippen LogP contribution in [0.5, 0.6) is 0 Å². The van der Waals surface area contributed by atoms with E-state index >= 15 is 0 Å². The summed E-state index contributed by atoms with van der Waals surface area (Å²) in [5, 5.41) is 0. The maximum Gasteiger partial charge on any atom is 0.262 e. The number of fused-ring (bicyclic) bond motifs is 1. The van der Waals surface area contributed by atoms with Crippen LogP contribution in [0, 0.1) is 5.92 Å². The number of benzene rings is 2. The summed E-state index contributed by atoms with van der Waals surface area (Å²) in [6.07, 6.45) is 3.05. The molecular formula is C26H29N3O4. The van der Waals surface area contributed by atoms with Crippen molar-refractivity contribution < 1.29 is 19.2 Å². The minimum Gasteiger partial charge on any atom is -0.338 e. The molecule has 172 valence electrons. The lowest BCUT2D eigenvalue weighted by atomic mass is 9.91. The highest BCUT2D eigenvalue weighted by atomic mass is 16.2. The van der Waals surface area contributed by atoms with Crippen molar-refractivity contribution in [2.24, 2.45) is 5.92 Å². The van der Waals surface area contributed by atoms with E-state index in [1.165, 1.54) is 4.90 Å². The second kappa shape index (κ2) is 9.57. The number of nitrogens with zero attached hydrogens (tertiary/aromatic N) is 3. The van der Waals surface area contributed by atoms with Gasteiger partial charge in [0.2, 0.25) is 11.8 Å². The van der Waals surface area contributed by atoms with E-state index in [4.69, 9.17) is 0 Å². The van der Waals surface area contributed by atoms with E-state index in [1.54, 1.807) is 48.5 Å². The highest BCUT2D eigenvalue weighted by Crippen LogP contribution is 2.26. The molecule has 2 heterocycles. The molecule has 0 spiro atoms. The first kappa shape index (κ1) is 22.7. The molecule has 0 aromatic heterocycles. The van der Waals surface area contributed by atoms with Crippen LogP contribution >= 0.6 is 0 Å². The summed E-state index contributed by atoms with van der Waals surface area (Å²) in [5.41, 5.74) is 1.15. The Morgan fingerprint density at radius 3 is 2.15 bits per heavy atom. The molecule has 2 aromatic rings. The SMILES string of the molecule is CCC1CCC(C)N(C(=O)CN(C(=O)CN2C(=O)c3ccccc3C2=O)c2ccccc2)C1. The summed E-state index contributed by atoms with van der Waals surface area (Å²) in [7, 11) is 0. The number of carbonyl (C=O) groups excluding carboxylic acids is 4. The zero-order valence-corrected chi connectivity index (χ0v) is 19.1. The van der Waals surface area contributed by atoms with Gasteiger partial charge in [0.25, 0.3) is 11.8 Å². The van der Waals surface area contributed by atoms with Gasteiger partial charge in [0, 0.05) is 18.3 Å². The molecule has 1 saturated heterocycles. The molecule has 2 aromatic carbocycles. The number of rotatable bonds is 6. The van der Waals surface area contributed by atoms with Gasteiger partial charge < -0.3 is 9.80 Å². The number of anilines is 1. The Kier molecular flexibility index (Phi) is 6.58. The van der Waals surface area contributed by atoms with E-state index in [-0.39, 0.29) is 18.5 Å². The van der Waals surface area contributed by atoms with Gasteiger partial charge in [-0.25, -0.2) is 0 Å². The van der Waals surface area contributed by atoms with Crippen LogP contribution in [0.15, 0.2) is 54.6 Å². The van der Waals surface area contributed by atoms with E-state index in [0.29, 0.717) is 29.3 Å². The summed E-state index contributed by atoms with van der Waals surface area (Å²) in [4.78, 5) is 56.4. The third-order valence-electron chi connectivity index (χ3n) is 6.71. The smallest absolute Gasteiger partial charge is 0.262 e. The first-order valence-corrected chi connectivity index (χ1v) is 11.5. The summed E-state index contributed by atoms with van der Waals surface area (Å²) < 4.78 is 0. The standard InChI is InChI=1S/C26H29N3O4/c1-3-19-14-13-18(2)27(15-19)23(30)16-28(20-9-5-4-6-10-20)24(31)17-29-25(32)21-11-7-8-12-22(21)26(29)33/h4-12,18-19H,3,13-17H2,1-2H3. The van der Waals surface area contributed by atoms with Crippen molar-refractivity contribution in [3.05, 3.63) is 65.7 Å². The molecule has 7 heteroatoms. The summed E-state index contributed by atoms with van der Waals surface area (Å²) in [6, 6.07) is 15.6. The third kappa shape index (κ3) is 4.53. The van der Waals surface area contributed by atoms with Crippen molar-refractivity contribution in [2.75, 3.05) is 24.5 Å². The number of hydrogen-bond donors (Lipinski definition) is 0. The summed E-state index contributed by atoms with van der Waals surface area (Å²) >= 11 is 0. The molecule has 0 radical (unpaired) electrons. The first-order chi connectivity index (χ1) is 15.9. The van der Waals surface area contributed by atoms with Gasteiger partial charge in [-0.1, -0.05) is 43.7 Å². The molecule has 1 fully saturated rings. The van der Waals surface area contributed by atoms with Gasteiger partial charge in [-0.2, -0.15) is 0 Å². The molecule has 4 rings (SSSR count). The average Bonchev–Trinajstić information content (AvgIpc) is 3.08. The zero-order chi connectivity index (χ0) is 23.5. The molecule has 4 amide bonds. The van der Waals surface area contributed by atoms with Crippen molar-refractivity contribution in [3.8, 4) is 0 Å². The van der Waals surface area contributed by atoms with Crippen LogP contribution in [0.25, 0.3) is 0 Å². The van der Waals surface area contributed by atoms with Gasteiger partial charge in [0.15, 0.2) is 0 Å². The Morgan fingerprint density at radius 1 is 0.939 bits per heavy atom. The van der Waals surface area contributed by atoms with Crippen molar-refractivity contribution in [2.45, 2.75) is 39.2 Å². The normalized spacial score (nSPS) is 20.1. The number of likely N-dealkylation sites (tertiary alicyclic amines) is 1. The lowest BCUT2D eigenvalue weighted by Gasteiger charge is -2.39. The highest BCUT2D eigenvalue weighted by molar-refractivity contribution is 6.22. The van der Waals surface area contributed by atoms with Crippen LogP contribution in [0.4, 0.5) is 5.69 Å². The van der Waals surface area contributed by atoms with Crippen molar-refractivity contribution in [3.63, 3.8) is 0 Å². The third-order valence-corrected chi connectivity index (χ3v) is 6.71. The minimum absolute atomic E-state index is 0.115. The van der Waals surface area contributed by atoms with E-state index in [2.05, 4.69) is 6.92 Å². The predicted molar refractivity (Wildman–Crippen MR) is 125 cm³/mol. The highest BCUT2D eigenvalue weighted by Gasteiger charge is 2.38. The van der Waals surface area contributed by atoms with Crippen LogP contribution in [-0.4, -0.2) is 59.1 Å². The molecule has 7 nitrogen and oxygen atoms in total. The van der Waals surface area contributed by atoms with Crippen LogP contribution in [0.3, 0.4) is 0 Å². The van der Waals surface area contributed by atoms with Crippen LogP contribution in [0.2, 0.25) is 0 Å². The van der Waals surface area contributed by atoms with Crippen LogP contribution in [0.1, 0.15) is 53.8 Å². The zero-order valence-electron chi connectivity index (χ0n) is 19.1. The maximum absolute atomic E-state index is 13.4. The number of hydrogen-bond acceptors (Lipinski definition) is 4. The molecule has 2 aliphatic rings. The quantitative estimate of drug-likeness (QED) is 0.637. The van der Waals surface area contributed by atoms with E-state index in [1.807, 2.05) is 17.9 Å². The van der Waals surface area contributed by atoms with Crippen LogP contribution in [-0.2, 0) is 9.59 Å². The van der Waals surface area contributed by atoms with Crippen molar-refractivity contribution in [1.29, 1.82) is 0 Å². The van der Waals surface area contributed by atoms with E-state index in [9.17, 15) is 19.2 Å². The second-order valence-corrected chi connectivity index (χ2v) is 8.80. The maximum atomic E-state index is 13.4. The second-order valence-electron chi connectivity index (χ2n) is 8.80. The molecule has 2 atom stereocenters. The first-order valence-electron chi connectivity index (χ1n) is 11.5.